The highest BCUT2D eigenvalue weighted by atomic mass is 35.5. The Morgan fingerprint density at radius 1 is 1.32 bits per heavy atom. The fraction of sp³-hybridized carbons (Fsp3) is 0.423. The monoisotopic (exact) mass is 559 g/mol. The molecule has 0 bridgehead atoms. The molecule has 10 nitrogen and oxygen atoms in total. The lowest BCUT2D eigenvalue weighted by Gasteiger charge is -2.20. The fourth-order valence-electron chi connectivity index (χ4n) is 3.92. The number of sulfone groups is 1. The smallest absolute Gasteiger partial charge is 0.229 e. The van der Waals surface area contributed by atoms with Gasteiger partial charge in [0.2, 0.25) is 5.95 Å². The van der Waals surface area contributed by atoms with Crippen LogP contribution in [0.3, 0.4) is 0 Å². The van der Waals surface area contributed by atoms with Gasteiger partial charge in [0, 0.05) is 19.8 Å². The van der Waals surface area contributed by atoms with E-state index in [0.29, 0.717) is 0 Å². The first kappa shape index (κ1) is 27.9. The zero-order valence-corrected chi connectivity index (χ0v) is 23.6. The third-order valence-electron chi connectivity index (χ3n) is 6.24. The van der Waals surface area contributed by atoms with Gasteiger partial charge in [-0.2, -0.15) is 4.98 Å². The number of rotatable bonds is 10. The molecule has 12 heteroatoms. The van der Waals surface area contributed by atoms with Gasteiger partial charge in [0.05, 0.1) is 28.9 Å². The standard InChI is InChI=1S/C26H34ClN7O3S/c1-15(2)38(35,36)24(28)22(14-29-4)32-25-20(27)13-31-26(34-25)33-21-11-16(3)19(17-7-9-30-10-8-17)12-23(21)37-18-5-6-18/h7,11-15,18,28-30H,5-6,8-10H2,1-4H3,(H2,31,32,33,34)/b22-14+,28-24?. The molecule has 0 radical (unpaired) electrons. The third-order valence-corrected chi connectivity index (χ3v) is 8.54. The second-order valence-electron chi connectivity index (χ2n) is 9.57. The van der Waals surface area contributed by atoms with Crippen LogP contribution in [-0.2, 0) is 9.84 Å². The maximum absolute atomic E-state index is 12.6. The molecule has 0 unspecified atom stereocenters. The molecule has 1 fully saturated rings. The largest absolute Gasteiger partial charge is 0.488 e. The summed E-state index contributed by atoms with van der Waals surface area (Å²) in [6.07, 6.45) is 8.20. The molecule has 0 spiro atoms. The van der Waals surface area contributed by atoms with Crippen molar-refractivity contribution in [2.75, 3.05) is 30.8 Å². The van der Waals surface area contributed by atoms with E-state index in [2.05, 4.69) is 50.3 Å². The minimum atomic E-state index is -3.83. The minimum Gasteiger partial charge on any atom is -0.488 e. The van der Waals surface area contributed by atoms with E-state index in [1.54, 1.807) is 7.05 Å². The number of anilines is 3. The molecule has 0 atom stereocenters. The van der Waals surface area contributed by atoms with Crippen molar-refractivity contribution in [2.24, 2.45) is 0 Å². The highest BCUT2D eigenvalue weighted by molar-refractivity contribution is 8.07. The minimum absolute atomic E-state index is 0.0148. The summed E-state index contributed by atoms with van der Waals surface area (Å²) in [5, 5.41) is 19.4. The third kappa shape index (κ3) is 6.46. The van der Waals surface area contributed by atoms with Crippen LogP contribution in [0, 0.1) is 12.3 Å². The van der Waals surface area contributed by atoms with Crippen molar-refractivity contribution in [3.63, 3.8) is 0 Å². The summed E-state index contributed by atoms with van der Waals surface area (Å²) in [6, 6.07) is 4.10. The summed E-state index contributed by atoms with van der Waals surface area (Å²) >= 11 is 6.35. The Bertz CT molecular complexity index is 1390. The number of nitrogens with zero attached hydrogens (tertiary/aromatic N) is 2. The Morgan fingerprint density at radius 3 is 2.71 bits per heavy atom. The van der Waals surface area contributed by atoms with Gasteiger partial charge in [-0.15, -0.1) is 0 Å². The summed E-state index contributed by atoms with van der Waals surface area (Å²) in [5.74, 6) is 1.13. The van der Waals surface area contributed by atoms with Gasteiger partial charge < -0.3 is 26.0 Å². The second-order valence-corrected chi connectivity index (χ2v) is 12.4. The van der Waals surface area contributed by atoms with E-state index in [0.717, 1.165) is 49.4 Å². The topological polar surface area (TPSA) is 141 Å². The SMILES string of the molecule is CN/C=C(/Nc1nc(Nc2cc(C)c(C3=CCNCC3)cc2OC2CC2)ncc1Cl)C(=N)S(=O)(=O)C(C)C. The van der Waals surface area contributed by atoms with E-state index in [-0.39, 0.29) is 28.6 Å². The molecule has 1 aliphatic carbocycles. The van der Waals surface area contributed by atoms with Gasteiger partial charge in [-0.25, -0.2) is 13.4 Å². The molecule has 2 heterocycles. The first-order chi connectivity index (χ1) is 18.1. The molecule has 2 aliphatic rings. The number of hydrogen-bond acceptors (Lipinski definition) is 10. The van der Waals surface area contributed by atoms with Gasteiger partial charge in [-0.05, 0) is 75.4 Å². The maximum Gasteiger partial charge on any atom is 0.229 e. The van der Waals surface area contributed by atoms with Crippen LogP contribution < -0.4 is 26.0 Å². The van der Waals surface area contributed by atoms with Gasteiger partial charge in [0.25, 0.3) is 0 Å². The summed E-state index contributed by atoms with van der Waals surface area (Å²) < 4.78 is 31.4. The molecule has 0 saturated heterocycles. The van der Waals surface area contributed by atoms with Gasteiger partial charge in [-0.3, -0.25) is 5.41 Å². The molecule has 1 aliphatic heterocycles. The normalized spacial score (nSPS) is 16.2. The molecule has 1 aromatic heterocycles. The van der Waals surface area contributed by atoms with Gasteiger partial charge in [0.15, 0.2) is 20.7 Å². The Labute approximate surface area is 228 Å². The zero-order chi connectivity index (χ0) is 27.4. The van der Waals surface area contributed by atoms with Crippen molar-refractivity contribution >= 4 is 49.5 Å². The Hall–Kier alpha value is -3.15. The van der Waals surface area contributed by atoms with Crippen molar-refractivity contribution in [1.82, 2.24) is 20.6 Å². The molecule has 0 amide bonds. The Kier molecular flexibility index (Phi) is 8.59. The summed E-state index contributed by atoms with van der Waals surface area (Å²) in [7, 11) is -2.22. The summed E-state index contributed by atoms with van der Waals surface area (Å²) in [5.41, 5.74) is 4.30. The van der Waals surface area contributed by atoms with Crippen LogP contribution in [0.25, 0.3) is 5.57 Å². The molecular formula is C26H34ClN7O3S. The molecule has 204 valence electrons. The number of aryl methyl sites for hydroxylation is 1. The highest BCUT2D eigenvalue weighted by Crippen LogP contribution is 2.38. The molecule has 2 aromatic rings. The maximum atomic E-state index is 12.6. The van der Waals surface area contributed by atoms with E-state index in [4.69, 9.17) is 21.7 Å². The first-order valence-corrected chi connectivity index (χ1v) is 14.5. The number of benzene rings is 1. The lowest BCUT2D eigenvalue weighted by molar-refractivity contribution is 0.304. The summed E-state index contributed by atoms with van der Waals surface area (Å²) in [6.45, 7) is 6.91. The number of aromatic nitrogens is 2. The Balaban J connectivity index is 1.64. The van der Waals surface area contributed by atoms with E-state index >= 15 is 0 Å². The molecule has 4 rings (SSSR count). The van der Waals surface area contributed by atoms with Crippen LogP contribution in [-0.4, -0.2) is 54.9 Å². The Morgan fingerprint density at radius 2 is 2.08 bits per heavy atom. The van der Waals surface area contributed by atoms with Gasteiger partial charge in [0.1, 0.15) is 10.8 Å². The van der Waals surface area contributed by atoms with Crippen LogP contribution in [0.1, 0.15) is 44.2 Å². The highest BCUT2D eigenvalue weighted by Gasteiger charge is 2.27. The molecule has 1 aromatic carbocycles. The van der Waals surface area contributed by atoms with E-state index < -0.39 is 20.1 Å². The summed E-state index contributed by atoms with van der Waals surface area (Å²) in [4.78, 5) is 8.79. The van der Waals surface area contributed by atoms with Crippen molar-refractivity contribution in [3.05, 3.63) is 52.5 Å². The van der Waals surface area contributed by atoms with Crippen LogP contribution >= 0.6 is 11.6 Å². The van der Waals surface area contributed by atoms with Gasteiger partial charge in [-0.1, -0.05) is 17.7 Å². The lowest BCUT2D eigenvalue weighted by Crippen LogP contribution is -2.28. The van der Waals surface area contributed by atoms with E-state index in [1.165, 1.54) is 37.4 Å². The molecule has 1 saturated carbocycles. The molecule has 5 N–H and O–H groups in total. The predicted molar refractivity (Wildman–Crippen MR) is 153 cm³/mol. The lowest BCUT2D eigenvalue weighted by atomic mass is 9.95. The van der Waals surface area contributed by atoms with Crippen molar-refractivity contribution in [2.45, 2.75) is 51.4 Å². The second kappa shape index (κ2) is 11.7. The van der Waals surface area contributed by atoms with Crippen LogP contribution in [0.5, 0.6) is 5.75 Å². The predicted octanol–water partition coefficient (Wildman–Crippen LogP) is 4.37. The quantitative estimate of drug-likeness (QED) is 0.212. The van der Waals surface area contributed by atoms with Crippen molar-refractivity contribution in [1.29, 1.82) is 5.41 Å². The fourth-order valence-corrected chi connectivity index (χ4v) is 4.94. The van der Waals surface area contributed by atoms with Crippen molar-refractivity contribution < 1.29 is 13.2 Å². The number of hydrogen-bond donors (Lipinski definition) is 5. The average Bonchev–Trinajstić information content (AvgIpc) is 3.71. The van der Waals surface area contributed by atoms with E-state index in [9.17, 15) is 8.42 Å². The van der Waals surface area contributed by atoms with E-state index in [1.807, 2.05) is 6.07 Å². The molecule has 38 heavy (non-hydrogen) atoms. The van der Waals surface area contributed by atoms with Crippen LogP contribution in [0.15, 0.2) is 36.3 Å². The number of nitrogens with one attached hydrogen (secondary N) is 5. The number of halogens is 1. The van der Waals surface area contributed by atoms with Crippen LogP contribution in [0.4, 0.5) is 17.5 Å². The van der Waals surface area contributed by atoms with Crippen LogP contribution in [0.2, 0.25) is 5.02 Å². The average molecular weight is 560 g/mol. The zero-order valence-electron chi connectivity index (χ0n) is 22.0. The first-order valence-electron chi connectivity index (χ1n) is 12.6. The number of ether oxygens (including phenoxy) is 1. The molecular weight excluding hydrogens is 526 g/mol. The van der Waals surface area contributed by atoms with Gasteiger partial charge >= 0.3 is 0 Å². The van der Waals surface area contributed by atoms with Crippen molar-refractivity contribution in [3.8, 4) is 5.75 Å².